The van der Waals surface area contributed by atoms with E-state index in [0.717, 1.165) is 19.4 Å². The fraction of sp³-hybridized carbons (Fsp3) is 0.923. The van der Waals surface area contributed by atoms with Gasteiger partial charge in [0, 0.05) is 40.9 Å². The first-order valence-electron chi connectivity index (χ1n) is 6.72. The average molecular weight is 290 g/mol. The van der Waals surface area contributed by atoms with Gasteiger partial charge in [0.2, 0.25) is 0 Å². The van der Waals surface area contributed by atoms with Gasteiger partial charge in [-0.15, -0.1) is 0 Å². The second kappa shape index (κ2) is 6.70. The van der Waals surface area contributed by atoms with Crippen LogP contribution in [-0.4, -0.2) is 46.0 Å². The van der Waals surface area contributed by atoms with E-state index in [4.69, 9.17) is 4.74 Å². The van der Waals surface area contributed by atoms with E-state index in [9.17, 15) is 9.00 Å². The van der Waals surface area contributed by atoms with Gasteiger partial charge in [0.1, 0.15) is 5.60 Å². The van der Waals surface area contributed by atoms with E-state index in [2.05, 4.69) is 10.6 Å². The van der Waals surface area contributed by atoms with Crippen molar-refractivity contribution >= 4 is 16.9 Å². The SMILES string of the molecule is CC(CNC1CC(NC(=O)OC(C)(C)C)C1)S(C)=O. The van der Waals surface area contributed by atoms with Crippen LogP contribution in [0.1, 0.15) is 40.5 Å². The van der Waals surface area contributed by atoms with Crippen LogP contribution in [0.15, 0.2) is 0 Å². The molecule has 0 aromatic rings. The van der Waals surface area contributed by atoms with Gasteiger partial charge >= 0.3 is 6.09 Å². The Bertz CT molecular complexity index is 335. The number of carbonyl (C=O) groups excluding carboxylic acids is 1. The molecule has 0 bridgehead atoms. The topological polar surface area (TPSA) is 67.4 Å². The Balaban J connectivity index is 2.13. The van der Waals surface area contributed by atoms with Gasteiger partial charge in [-0.1, -0.05) is 0 Å². The molecule has 1 aliphatic carbocycles. The van der Waals surface area contributed by atoms with Gasteiger partial charge in [0.05, 0.1) is 0 Å². The number of hydrogen-bond acceptors (Lipinski definition) is 4. The monoisotopic (exact) mass is 290 g/mol. The molecule has 6 heteroatoms. The molecule has 5 nitrogen and oxygen atoms in total. The molecule has 0 spiro atoms. The van der Waals surface area contributed by atoms with Crippen molar-refractivity contribution in [3.63, 3.8) is 0 Å². The van der Waals surface area contributed by atoms with Gasteiger partial charge in [0.15, 0.2) is 0 Å². The van der Waals surface area contributed by atoms with Crippen LogP contribution in [0.3, 0.4) is 0 Å². The Morgan fingerprint density at radius 2 is 1.95 bits per heavy atom. The van der Waals surface area contributed by atoms with Crippen LogP contribution < -0.4 is 10.6 Å². The summed E-state index contributed by atoms with van der Waals surface area (Å²) in [5, 5.41) is 6.38. The van der Waals surface area contributed by atoms with Crippen molar-refractivity contribution in [2.45, 2.75) is 63.5 Å². The third-order valence-electron chi connectivity index (χ3n) is 3.12. The molecule has 0 radical (unpaired) electrons. The van der Waals surface area contributed by atoms with Crippen LogP contribution in [0.5, 0.6) is 0 Å². The summed E-state index contributed by atoms with van der Waals surface area (Å²) < 4.78 is 16.4. The molecule has 0 saturated heterocycles. The first kappa shape index (κ1) is 16.4. The highest BCUT2D eigenvalue weighted by Gasteiger charge is 2.31. The molecule has 1 rings (SSSR count). The summed E-state index contributed by atoms with van der Waals surface area (Å²) in [7, 11) is -0.786. The van der Waals surface area contributed by atoms with Crippen molar-refractivity contribution in [3.8, 4) is 0 Å². The number of hydrogen-bond donors (Lipinski definition) is 2. The highest BCUT2D eigenvalue weighted by atomic mass is 32.2. The molecule has 2 unspecified atom stereocenters. The predicted octanol–water partition coefficient (Wildman–Crippen LogP) is 1.40. The smallest absolute Gasteiger partial charge is 0.407 e. The van der Waals surface area contributed by atoms with Crippen LogP contribution in [0, 0.1) is 0 Å². The molecule has 1 aliphatic rings. The molecule has 19 heavy (non-hydrogen) atoms. The maximum atomic E-state index is 11.5. The zero-order valence-electron chi connectivity index (χ0n) is 12.5. The van der Waals surface area contributed by atoms with Crippen molar-refractivity contribution in [3.05, 3.63) is 0 Å². The molecule has 1 fully saturated rings. The van der Waals surface area contributed by atoms with Gasteiger partial charge in [-0.2, -0.15) is 0 Å². The molecule has 0 aromatic carbocycles. The molecule has 2 atom stereocenters. The van der Waals surface area contributed by atoms with E-state index in [0.29, 0.717) is 6.04 Å². The molecule has 0 aromatic heterocycles. The Morgan fingerprint density at radius 1 is 1.37 bits per heavy atom. The lowest BCUT2D eigenvalue weighted by molar-refractivity contribution is 0.0465. The van der Waals surface area contributed by atoms with Crippen LogP contribution in [0.25, 0.3) is 0 Å². The molecule has 0 heterocycles. The third kappa shape index (κ3) is 6.38. The van der Waals surface area contributed by atoms with E-state index in [1.165, 1.54) is 0 Å². The Kier molecular flexibility index (Phi) is 5.80. The molecular weight excluding hydrogens is 264 g/mol. The van der Waals surface area contributed by atoms with Crippen LogP contribution in [-0.2, 0) is 15.5 Å². The first-order chi connectivity index (χ1) is 8.67. The van der Waals surface area contributed by atoms with Crippen molar-refractivity contribution in [1.29, 1.82) is 0 Å². The van der Waals surface area contributed by atoms with Crippen LogP contribution in [0.2, 0.25) is 0 Å². The maximum Gasteiger partial charge on any atom is 0.407 e. The summed E-state index contributed by atoms with van der Waals surface area (Å²) in [6.07, 6.45) is 3.18. The van der Waals surface area contributed by atoms with Crippen LogP contribution >= 0.6 is 0 Å². The molecule has 1 saturated carbocycles. The molecule has 112 valence electrons. The average Bonchev–Trinajstić information content (AvgIpc) is 2.17. The number of carbonyl (C=O) groups is 1. The summed E-state index contributed by atoms with van der Waals surface area (Å²) >= 11 is 0. The number of amides is 1. The summed E-state index contributed by atoms with van der Waals surface area (Å²) in [6.45, 7) is 8.28. The second-order valence-corrected chi connectivity index (χ2v) is 8.03. The summed E-state index contributed by atoms with van der Waals surface area (Å²) in [6, 6.07) is 0.598. The van der Waals surface area contributed by atoms with E-state index >= 15 is 0 Å². The minimum Gasteiger partial charge on any atom is -0.444 e. The minimum atomic E-state index is -0.786. The minimum absolute atomic E-state index is 0.165. The Morgan fingerprint density at radius 3 is 2.42 bits per heavy atom. The van der Waals surface area contributed by atoms with E-state index < -0.39 is 16.4 Å². The van der Waals surface area contributed by atoms with E-state index in [1.807, 2.05) is 27.7 Å². The molecule has 0 aliphatic heterocycles. The molecular formula is C13H26N2O3S. The predicted molar refractivity (Wildman–Crippen MR) is 77.7 cm³/mol. The van der Waals surface area contributed by atoms with Gasteiger partial charge in [-0.25, -0.2) is 4.79 Å². The fourth-order valence-electron chi connectivity index (χ4n) is 1.83. The largest absolute Gasteiger partial charge is 0.444 e. The summed E-state index contributed by atoms with van der Waals surface area (Å²) in [4.78, 5) is 11.5. The third-order valence-corrected chi connectivity index (χ3v) is 4.42. The van der Waals surface area contributed by atoms with Crippen molar-refractivity contribution in [2.24, 2.45) is 0 Å². The fourth-order valence-corrected chi connectivity index (χ4v) is 2.16. The zero-order valence-corrected chi connectivity index (χ0v) is 13.3. The molecule has 2 N–H and O–H groups in total. The maximum absolute atomic E-state index is 11.5. The highest BCUT2D eigenvalue weighted by molar-refractivity contribution is 7.84. The zero-order chi connectivity index (χ0) is 14.6. The number of rotatable bonds is 5. The quantitative estimate of drug-likeness (QED) is 0.803. The van der Waals surface area contributed by atoms with Crippen LogP contribution in [0.4, 0.5) is 4.79 Å². The standard InChI is InChI=1S/C13H26N2O3S/c1-9(19(5)17)8-14-10-6-11(7-10)15-12(16)18-13(2,3)4/h9-11,14H,6-8H2,1-5H3,(H,15,16). The lowest BCUT2D eigenvalue weighted by atomic mass is 9.87. The van der Waals surface area contributed by atoms with Gasteiger partial charge < -0.3 is 15.4 Å². The van der Waals surface area contributed by atoms with Gasteiger partial charge in [-0.05, 0) is 40.5 Å². The number of nitrogens with one attached hydrogen (secondary N) is 2. The first-order valence-corrected chi connectivity index (χ1v) is 8.34. The summed E-state index contributed by atoms with van der Waals surface area (Å²) in [5.74, 6) is 0. The van der Waals surface area contributed by atoms with E-state index in [-0.39, 0.29) is 17.4 Å². The Labute approximate surface area is 118 Å². The lowest BCUT2D eigenvalue weighted by Crippen LogP contribution is -2.54. The second-order valence-electron chi connectivity index (χ2n) is 6.23. The Hall–Kier alpha value is -0.620. The number of alkyl carbamates (subject to hydrolysis) is 1. The lowest BCUT2D eigenvalue weighted by Gasteiger charge is -2.37. The highest BCUT2D eigenvalue weighted by Crippen LogP contribution is 2.20. The van der Waals surface area contributed by atoms with Crippen molar-refractivity contribution in [2.75, 3.05) is 12.8 Å². The summed E-state index contributed by atoms with van der Waals surface area (Å²) in [5.41, 5.74) is -0.452. The van der Waals surface area contributed by atoms with E-state index in [1.54, 1.807) is 6.26 Å². The van der Waals surface area contributed by atoms with Gasteiger partial charge in [-0.3, -0.25) is 4.21 Å². The molecule has 1 amide bonds. The van der Waals surface area contributed by atoms with Gasteiger partial charge in [0.25, 0.3) is 0 Å². The van der Waals surface area contributed by atoms with Crippen molar-refractivity contribution < 1.29 is 13.7 Å². The number of ether oxygens (including phenoxy) is 1. The van der Waals surface area contributed by atoms with Crippen molar-refractivity contribution in [1.82, 2.24) is 10.6 Å². The normalized spacial score (nSPS) is 26.2.